The monoisotopic (exact) mass is 327 g/mol. The van der Waals surface area contributed by atoms with E-state index in [1.165, 1.54) is 0 Å². The van der Waals surface area contributed by atoms with Crippen molar-refractivity contribution in [1.29, 1.82) is 0 Å². The Kier molecular flexibility index (Phi) is 6.32. The highest BCUT2D eigenvalue weighted by Gasteiger charge is 2.12. The van der Waals surface area contributed by atoms with E-state index in [-0.39, 0.29) is 6.03 Å². The Balaban J connectivity index is 1.78. The third-order valence-corrected chi connectivity index (χ3v) is 4.11. The van der Waals surface area contributed by atoms with Crippen LogP contribution in [-0.4, -0.2) is 34.6 Å². The highest BCUT2D eigenvalue weighted by Crippen LogP contribution is 2.16. The van der Waals surface area contributed by atoms with E-state index in [9.17, 15) is 9.90 Å². The summed E-state index contributed by atoms with van der Waals surface area (Å²) in [6.45, 7) is 4.89. The van der Waals surface area contributed by atoms with Crippen LogP contribution in [-0.2, 0) is 6.54 Å². The van der Waals surface area contributed by atoms with Crippen molar-refractivity contribution in [1.82, 2.24) is 15.2 Å². The third-order valence-electron chi connectivity index (χ3n) is 4.11. The molecule has 0 unspecified atom stereocenters. The molecule has 2 amide bonds. The van der Waals surface area contributed by atoms with Crippen LogP contribution in [0.5, 0.6) is 0 Å². The lowest BCUT2D eigenvalue weighted by Crippen LogP contribution is -2.37. The molecule has 0 saturated heterocycles. The van der Waals surface area contributed by atoms with Crippen LogP contribution in [0.2, 0.25) is 0 Å². The average molecular weight is 327 g/mol. The summed E-state index contributed by atoms with van der Waals surface area (Å²) in [5.74, 6) is 0. The van der Waals surface area contributed by atoms with Crippen LogP contribution < -0.4 is 5.32 Å². The van der Waals surface area contributed by atoms with Crippen molar-refractivity contribution in [2.45, 2.75) is 32.9 Å². The Morgan fingerprint density at radius 2 is 2.00 bits per heavy atom. The third kappa shape index (κ3) is 5.06. The quantitative estimate of drug-likeness (QED) is 0.857. The van der Waals surface area contributed by atoms with Gasteiger partial charge in [0.15, 0.2) is 0 Å². The van der Waals surface area contributed by atoms with Gasteiger partial charge in [-0.2, -0.15) is 0 Å². The maximum atomic E-state index is 12.1. The molecule has 1 heterocycles. The summed E-state index contributed by atoms with van der Waals surface area (Å²) in [7, 11) is 1.73. The maximum Gasteiger partial charge on any atom is 0.317 e. The first-order chi connectivity index (χ1) is 11.5. The number of aliphatic hydroxyl groups is 1. The average Bonchev–Trinajstić information content (AvgIpc) is 2.60. The summed E-state index contributed by atoms with van der Waals surface area (Å²) < 4.78 is 0. The Hall–Kier alpha value is -2.40. The molecule has 1 aromatic heterocycles. The van der Waals surface area contributed by atoms with E-state index in [0.717, 1.165) is 22.4 Å². The van der Waals surface area contributed by atoms with Crippen molar-refractivity contribution in [2.24, 2.45) is 0 Å². The van der Waals surface area contributed by atoms with E-state index in [4.69, 9.17) is 0 Å². The highest BCUT2D eigenvalue weighted by molar-refractivity contribution is 5.73. The number of benzene rings is 1. The van der Waals surface area contributed by atoms with Gasteiger partial charge >= 0.3 is 6.03 Å². The molecule has 0 radical (unpaired) electrons. The number of hydrogen-bond donors (Lipinski definition) is 2. The van der Waals surface area contributed by atoms with Crippen molar-refractivity contribution in [3.05, 3.63) is 65.0 Å². The first-order valence-electron chi connectivity index (χ1n) is 8.11. The molecule has 5 nitrogen and oxygen atoms in total. The van der Waals surface area contributed by atoms with Crippen molar-refractivity contribution in [3.8, 4) is 0 Å². The predicted octanol–water partition coefficient (Wildman–Crippen LogP) is 2.96. The molecule has 128 valence electrons. The normalized spacial score (nSPS) is 11.8. The second-order valence-corrected chi connectivity index (χ2v) is 6.04. The largest absolute Gasteiger partial charge is 0.388 e. The number of nitrogens with one attached hydrogen (secondary N) is 1. The lowest BCUT2D eigenvalue weighted by atomic mass is 10.1. The molecular weight excluding hydrogens is 302 g/mol. The molecular formula is C19H25N3O2. The molecule has 0 aliphatic rings. The zero-order valence-electron chi connectivity index (χ0n) is 14.5. The van der Waals surface area contributed by atoms with Crippen LogP contribution >= 0.6 is 0 Å². The number of hydrogen-bond acceptors (Lipinski definition) is 3. The van der Waals surface area contributed by atoms with Crippen LogP contribution in [0.15, 0.2) is 42.6 Å². The molecule has 2 rings (SSSR count). The Morgan fingerprint density at radius 3 is 2.67 bits per heavy atom. The molecule has 5 heteroatoms. The molecule has 2 aromatic rings. The summed E-state index contributed by atoms with van der Waals surface area (Å²) in [6.07, 6.45) is 1.71. The van der Waals surface area contributed by atoms with Gasteiger partial charge in [0.25, 0.3) is 0 Å². The fraction of sp³-hybridized carbons (Fsp3) is 0.368. The van der Waals surface area contributed by atoms with Crippen molar-refractivity contribution >= 4 is 6.03 Å². The molecule has 1 atom stereocenters. The van der Waals surface area contributed by atoms with E-state index >= 15 is 0 Å². The van der Waals surface area contributed by atoms with Gasteiger partial charge in [-0.25, -0.2) is 4.79 Å². The number of nitrogens with zero attached hydrogens (tertiary/aromatic N) is 2. The minimum absolute atomic E-state index is 0.159. The zero-order valence-corrected chi connectivity index (χ0v) is 14.5. The summed E-state index contributed by atoms with van der Waals surface area (Å²) >= 11 is 0. The SMILES string of the molecule is Cc1cc(CNC(=O)N(C)CC[C@@H](O)c2ccccc2)cnc1C. The number of carbonyl (C=O) groups excluding carboxylic acids is 1. The summed E-state index contributed by atoms with van der Waals surface area (Å²) in [5, 5.41) is 13.0. The number of urea groups is 1. The minimum atomic E-state index is -0.564. The second-order valence-electron chi connectivity index (χ2n) is 6.04. The van der Waals surface area contributed by atoms with Crippen molar-refractivity contribution in [3.63, 3.8) is 0 Å². The molecule has 0 spiro atoms. The van der Waals surface area contributed by atoms with Gasteiger partial charge in [-0.3, -0.25) is 4.98 Å². The van der Waals surface area contributed by atoms with Crippen LogP contribution in [0.25, 0.3) is 0 Å². The van der Waals surface area contributed by atoms with E-state index < -0.39 is 6.10 Å². The molecule has 0 fully saturated rings. The van der Waals surface area contributed by atoms with E-state index in [1.807, 2.05) is 50.2 Å². The topological polar surface area (TPSA) is 65.5 Å². The van der Waals surface area contributed by atoms with E-state index in [0.29, 0.717) is 19.5 Å². The zero-order chi connectivity index (χ0) is 17.5. The van der Waals surface area contributed by atoms with Gasteiger partial charge in [0.1, 0.15) is 0 Å². The maximum absolute atomic E-state index is 12.1. The first-order valence-corrected chi connectivity index (χ1v) is 8.11. The van der Waals surface area contributed by atoms with Crippen molar-refractivity contribution in [2.75, 3.05) is 13.6 Å². The number of carbonyl (C=O) groups is 1. The van der Waals surface area contributed by atoms with E-state index in [1.54, 1.807) is 18.1 Å². The highest BCUT2D eigenvalue weighted by atomic mass is 16.3. The number of rotatable bonds is 6. The lowest BCUT2D eigenvalue weighted by Gasteiger charge is -2.20. The van der Waals surface area contributed by atoms with Gasteiger partial charge in [-0.05, 0) is 37.0 Å². The van der Waals surface area contributed by atoms with Crippen LogP contribution in [0, 0.1) is 13.8 Å². The van der Waals surface area contributed by atoms with Crippen LogP contribution in [0.3, 0.4) is 0 Å². The van der Waals surface area contributed by atoms with Gasteiger partial charge in [0.2, 0.25) is 0 Å². The van der Waals surface area contributed by atoms with Crippen molar-refractivity contribution < 1.29 is 9.90 Å². The number of aryl methyl sites for hydroxylation is 2. The van der Waals surface area contributed by atoms with Gasteiger partial charge in [-0.15, -0.1) is 0 Å². The number of aromatic nitrogens is 1. The van der Waals surface area contributed by atoms with Gasteiger partial charge in [0.05, 0.1) is 6.10 Å². The Labute approximate surface area is 143 Å². The van der Waals surface area contributed by atoms with Gasteiger partial charge in [-0.1, -0.05) is 36.4 Å². The molecule has 0 aliphatic carbocycles. The lowest BCUT2D eigenvalue weighted by molar-refractivity contribution is 0.150. The summed E-state index contributed by atoms with van der Waals surface area (Å²) in [6, 6.07) is 11.3. The molecule has 2 N–H and O–H groups in total. The predicted molar refractivity (Wildman–Crippen MR) is 94.6 cm³/mol. The fourth-order valence-corrected chi connectivity index (χ4v) is 2.37. The molecule has 24 heavy (non-hydrogen) atoms. The standard InChI is InChI=1S/C19H25N3O2/c1-14-11-16(12-20-15(14)2)13-21-19(24)22(3)10-9-18(23)17-7-5-4-6-8-17/h4-8,11-12,18,23H,9-10,13H2,1-3H3,(H,21,24)/t18-/m1/s1. The number of aliphatic hydroxyl groups excluding tert-OH is 1. The minimum Gasteiger partial charge on any atom is -0.388 e. The Morgan fingerprint density at radius 1 is 1.29 bits per heavy atom. The summed E-state index contributed by atoms with van der Waals surface area (Å²) in [5.41, 5.74) is 3.95. The number of amides is 2. The van der Waals surface area contributed by atoms with Crippen LogP contribution in [0.4, 0.5) is 4.79 Å². The first kappa shape index (κ1) is 17.9. The Bertz CT molecular complexity index is 674. The second kappa shape index (κ2) is 8.45. The summed E-state index contributed by atoms with van der Waals surface area (Å²) in [4.78, 5) is 18.0. The van der Waals surface area contributed by atoms with Crippen LogP contribution in [0.1, 0.15) is 34.9 Å². The number of pyridine rings is 1. The fourth-order valence-electron chi connectivity index (χ4n) is 2.37. The van der Waals surface area contributed by atoms with E-state index in [2.05, 4.69) is 10.3 Å². The molecule has 1 aromatic carbocycles. The molecule has 0 aliphatic heterocycles. The smallest absolute Gasteiger partial charge is 0.317 e. The molecule has 0 bridgehead atoms. The van der Waals surface area contributed by atoms with Gasteiger partial charge < -0.3 is 15.3 Å². The molecule has 0 saturated carbocycles. The van der Waals surface area contributed by atoms with Gasteiger partial charge in [0, 0.05) is 32.0 Å².